The van der Waals surface area contributed by atoms with Crippen LogP contribution in [0.3, 0.4) is 0 Å². The van der Waals surface area contributed by atoms with Crippen LogP contribution in [0.5, 0.6) is 0 Å². The predicted octanol–water partition coefficient (Wildman–Crippen LogP) is 1.13. The molecule has 0 spiro atoms. The minimum Gasteiger partial charge on any atom is -0.480 e. The van der Waals surface area contributed by atoms with Gasteiger partial charge in [0.1, 0.15) is 6.04 Å². The third-order valence-electron chi connectivity index (χ3n) is 3.63. The summed E-state index contributed by atoms with van der Waals surface area (Å²) in [6, 6.07) is -0.467. The van der Waals surface area contributed by atoms with E-state index in [1.165, 1.54) is 6.92 Å². The normalized spacial score (nSPS) is 21.3. The highest BCUT2D eigenvalue weighted by atomic mass is 16.4. The molecule has 5 heteroatoms. The molecule has 0 aromatic rings. The molecule has 1 amide bonds. The number of rotatable bonds is 5. The Morgan fingerprint density at radius 2 is 1.89 bits per heavy atom. The summed E-state index contributed by atoms with van der Waals surface area (Å²) in [6.45, 7) is 6.15. The molecule has 0 aromatic heterocycles. The lowest BCUT2D eigenvalue weighted by Gasteiger charge is -2.35. The summed E-state index contributed by atoms with van der Waals surface area (Å²) in [5, 5.41) is 14.7. The fourth-order valence-electron chi connectivity index (χ4n) is 2.33. The SMILES string of the molecule is CC(=O)NC(CNC1CCC(C)(C)CC1)C(=O)O. The van der Waals surface area contributed by atoms with Crippen LogP contribution in [0.1, 0.15) is 46.5 Å². The van der Waals surface area contributed by atoms with Crippen molar-refractivity contribution in [3.05, 3.63) is 0 Å². The molecule has 1 aliphatic rings. The van der Waals surface area contributed by atoms with Gasteiger partial charge in [-0.3, -0.25) is 4.79 Å². The maximum absolute atomic E-state index is 11.0. The number of nitrogens with one attached hydrogen (secondary N) is 2. The second kappa shape index (κ2) is 6.18. The van der Waals surface area contributed by atoms with Crippen LogP contribution in [0.25, 0.3) is 0 Å². The molecule has 1 fully saturated rings. The first-order chi connectivity index (χ1) is 8.30. The fraction of sp³-hybridized carbons (Fsp3) is 0.846. The van der Waals surface area contributed by atoms with E-state index in [1.807, 2.05) is 0 Å². The lowest BCUT2D eigenvalue weighted by molar-refractivity contribution is -0.141. The van der Waals surface area contributed by atoms with Gasteiger partial charge < -0.3 is 15.7 Å². The monoisotopic (exact) mass is 256 g/mol. The molecular weight excluding hydrogens is 232 g/mol. The average Bonchev–Trinajstić information content (AvgIpc) is 2.25. The molecule has 18 heavy (non-hydrogen) atoms. The first kappa shape index (κ1) is 15.0. The smallest absolute Gasteiger partial charge is 0.327 e. The van der Waals surface area contributed by atoms with Crippen molar-refractivity contribution in [2.45, 2.75) is 58.5 Å². The highest BCUT2D eigenvalue weighted by Gasteiger charge is 2.27. The Hall–Kier alpha value is -1.10. The number of aliphatic carboxylic acids is 1. The molecule has 0 saturated heterocycles. The number of carbonyl (C=O) groups is 2. The fourth-order valence-corrected chi connectivity index (χ4v) is 2.33. The highest BCUT2D eigenvalue weighted by Crippen LogP contribution is 2.34. The second-order valence-electron chi connectivity index (χ2n) is 5.94. The minimum absolute atomic E-state index is 0.292. The molecule has 0 heterocycles. The summed E-state index contributed by atoms with van der Waals surface area (Å²) in [6.07, 6.45) is 4.45. The van der Waals surface area contributed by atoms with Gasteiger partial charge in [-0.1, -0.05) is 13.8 Å². The zero-order valence-corrected chi connectivity index (χ0v) is 11.5. The van der Waals surface area contributed by atoms with Crippen molar-refractivity contribution in [1.29, 1.82) is 0 Å². The van der Waals surface area contributed by atoms with Crippen LogP contribution in [0, 0.1) is 5.41 Å². The lowest BCUT2D eigenvalue weighted by Crippen LogP contribution is -2.49. The number of carbonyl (C=O) groups excluding carboxylic acids is 1. The van der Waals surface area contributed by atoms with Crippen LogP contribution < -0.4 is 10.6 Å². The summed E-state index contributed by atoms with van der Waals surface area (Å²) < 4.78 is 0. The molecule has 0 radical (unpaired) electrons. The van der Waals surface area contributed by atoms with Crippen molar-refractivity contribution >= 4 is 11.9 Å². The zero-order chi connectivity index (χ0) is 13.8. The molecule has 104 valence electrons. The van der Waals surface area contributed by atoms with Crippen LogP contribution in [-0.4, -0.2) is 35.6 Å². The second-order valence-corrected chi connectivity index (χ2v) is 5.94. The van der Waals surface area contributed by atoms with Gasteiger partial charge in [0, 0.05) is 19.5 Å². The van der Waals surface area contributed by atoms with Crippen molar-refractivity contribution in [2.75, 3.05) is 6.54 Å². The number of hydrogen-bond acceptors (Lipinski definition) is 3. The van der Waals surface area contributed by atoms with Crippen molar-refractivity contribution in [2.24, 2.45) is 5.41 Å². The molecular formula is C13H24N2O3. The van der Waals surface area contributed by atoms with Crippen LogP contribution >= 0.6 is 0 Å². The Balaban J connectivity index is 2.35. The molecule has 1 saturated carbocycles. The van der Waals surface area contributed by atoms with E-state index in [0.717, 1.165) is 25.7 Å². The highest BCUT2D eigenvalue weighted by molar-refractivity contribution is 5.82. The van der Waals surface area contributed by atoms with E-state index >= 15 is 0 Å². The van der Waals surface area contributed by atoms with Gasteiger partial charge in [-0.25, -0.2) is 4.79 Å². The maximum atomic E-state index is 11.0. The van der Waals surface area contributed by atoms with Gasteiger partial charge in [0.15, 0.2) is 0 Å². The van der Waals surface area contributed by atoms with Crippen LogP contribution in [0.2, 0.25) is 0 Å². The van der Waals surface area contributed by atoms with E-state index in [4.69, 9.17) is 5.11 Å². The average molecular weight is 256 g/mol. The standard InChI is InChI=1S/C13H24N2O3/c1-9(16)15-11(12(17)18)8-14-10-4-6-13(2,3)7-5-10/h10-11,14H,4-8H2,1-3H3,(H,15,16)(H,17,18). The molecule has 1 rings (SSSR count). The molecule has 1 aliphatic carbocycles. The minimum atomic E-state index is -0.992. The summed E-state index contributed by atoms with van der Waals surface area (Å²) in [5.41, 5.74) is 0.405. The van der Waals surface area contributed by atoms with E-state index < -0.39 is 12.0 Å². The summed E-state index contributed by atoms with van der Waals surface area (Å²) in [7, 11) is 0. The third kappa shape index (κ3) is 5.04. The van der Waals surface area contributed by atoms with Crippen molar-refractivity contribution in [1.82, 2.24) is 10.6 Å². The first-order valence-corrected chi connectivity index (χ1v) is 6.53. The topological polar surface area (TPSA) is 78.4 Å². The largest absolute Gasteiger partial charge is 0.480 e. The van der Waals surface area contributed by atoms with Gasteiger partial charge in [-0.15, -0.1) is 0 Å². The maximum Gasteiger partial charge on any atom is 0.327 e. The Bertz CT molecular complexity index is 305. The molecule has 1 atom stereocenters. The molecule has 3 N–H and O–H groups in total. The Morgan fingerprint density at radius 3 is 2.33 bits per heavy atom. The summed E-state index contributed by atoms with van der Waals surface area (Å²) >= 11 is 0. The van der Waals surface area contributed by atoms with Crippen molar-refractivity contribution in [3.63, 3.8) is 0 Å². The van der Waals surface area contributed by atoms with E-state index in [1.54, 1.807) is 0 Å². The number of hydrogen-bond donors (Lipinski definition) is 3. The summed E-state index contributed by atoms with van der Waals surface area (Å²) in [4.78, 5) is 21.8. The van der Waals surface area contributed by atoms with Gasteiger partial charge in [0.25, 0.3) is 0 Å². The Labute approximate surface area is 108 Å². The first-order valence-electron chi connectivity index (χ1n) is 6.53. The van der Waals surface area contributed by atoms with Gasteiger partial charge in [0.05, 0.1) is 0 Å². The molecule has 5 nitrogen and oxygen atoms in total. The van der Waals surface area contributed by atoms with Crippen molar-refractivity contribution in [3.8, 4) is 0 Å². The molecule has 0 aliphatic heterocycles. The Kier molecular flexibility index (Phi) is 5.14. The van der Waals surface area contributed by atoms with Crippen LogP contribution in [-0.2, 0) is 9.59 Å². The van der Waals surface area contributed by atoms with E-state index in [2.05, 4.69) is 24.5 Å². The van der Waals surface area contributed by atoms with Gasteiger partial charge in [-0.05, 0) is 31.1 Å². The molecule has 1 unspecified atom stereocenters. The van der Waals surface area contributed by atoms with Crippen LogP contribution in [0.4, 0.5) is 0 Å². The van der Waals surface area contributed by atoms with E-state index in [0.29, 0.717) is 18.0 Å². The predicted molar refractivity (Wildman–Crippen MR) is 69.3 cm³/mol. The van der Waals surface area contributed by atoms with Crippen LogP contribution in [0.15, 0.2) is 0 Å². The number of carboxylic acids is 1. The third-order valence-corrected chi connectivity index (χ3v) is 3.63. The molecule has 0 aromatic carbocycles. The van der Waals surface area contributed by atoms with E-state index in [9.17, 15) is 9.59 Å². The van der Waals surface area contributed by atoms with Crippen molar-refractivity contribution < 1.29 is 14.7 Å². The van der Waals surface area contributed by atoms with Gasteiger partial charge in [0.2, 0.25) is 5.91 Å². The van der Waals surface area contributed by atoms with E-state index in [-0.39, 0.29) is 5.91 Å². The summed E-state index contributed by atoms with van der Waals surface area (Å²) in [5.74, 6) is -1.30. The lowest BCUT2D eigenvalue weighted by atomic mass is 9.75. The van der Waals surface area contributed by atoms with Gasteiger partial charge >= 0.3 is 5.97 Å². The number of carboxylic acid groups (broad SMARTS) is 1. The quantitative estimate of drug-likeness (QED) is 0.689. The zero-order valence-electron chi connectivity index (χ0n) is 11.5. The number of amides is 1. The Morgan fingerprint density at radius 1 is 1.33 bits per heavy atom. The van der Waals surface area contributed by atoms with Gasteiger partial charge in [-0.2, -0.15) is 0 Å². The molecule has 0 bridgehead atoms.